The third-order valence-corrected chi connectivity index (χ3v) is 6.45. The largest absolute Gasteiger partial charge is 0.494 e. The van der Waals surface area contributed by atoms with Crippen molar-refractivity contribution < 1.29 is 14.3 Å². The second kappa shape index (κ2) is 9.56. The van der Waals surface area contributed by atoms with Crippen LogP contribution in [0, 0.1) is 0 Å². The van der Waals surface area contributed by atoms with Crippen LogP contribution in [0.4, 0.5) is 0 Å². The van der Waals surface area contributed by atoms with Gasteiger partial charge < -0.3 is 15.0 Å². The topological polar surface area (TPSA) is 76.5 Å². The van der Waals surface area contributed by atoms with E-state index in [2.05, 4.69) is 26.1 Å². The maximum atomic E-state index is 13.9. The van der Waals surface area contributed by atoms with Crippen LogP contribution in [0.2, 0.25) is 0 Å². The lowest BCUT2D eigenvalue weighted by Gasteiger charge is -2.43. The molecule has 7 heteroatoms. The van der Waals surface area contributed by atoms with Gasteiger partial charge in [0.25, 0.3) is 5.91 Å². The van der Waals surface area contributed by atoms with Crippen LogP contribution in [0.1, 0.15) is 61.9 Å². The molecule has 3 aromatic rings. The van der Waals surface area contributed by atoms with E-state index in [4.69, 9.17) is 9.84 Å². The van der Waals surface area contributed by atoms with Crippen LogP contribution in [-0.4, -0.2) is 38.6 Å². The number of para-hydroxylation sites is 1. The molecule has 0 bridgehead atoms. The van der Waals surface area contributed by atoms with E-state index in [1.54, 1.807) is 9.58 Å². The van der Waals surface area contributed by atoms with Crippen molar-refractivity contribution in [2.45, 2.75) is 65.2 Å². The van der Waals surface area contributed by atoms with Gasteiger partial charge in [0.2, 0.25) is 5.91 Å². The molecule has 184 valence electrons. The van der Waals surface area contributed by atoms with Gasteiger partial charge in [-0.1, -0.05) is 69.3 Å². The van der Waals surface area contributed by atoms with Crippen molar-refractivity contribution in [3.05, 3.63) is 83.2 Å². The molecule has 0 radical (unpaired) electrons. The first-order valence-corrected chi connectivity index (χ1v) is 12.1. The number of aromatic nitrogens is 2. The standard InChI is InChI=1S/C28H34N4O3/c1-6-35-23-15-11-10-14-21(23)18-31-25(33)22-16-24(27(2,3)4)30-32(22)19-28(31,5)26(34)29-17-20-12-8-7-9-13-20/h7-16H,6,17-19H2,1-5H3,(H,29,34)/t28-/m0/s1. The smallest absolute Gasteiger partial charge is 0.273 e. The monoisotopic (exact) mass is 474 g/mol. The summed E-state index contributed by atoms with van der Waals surface area (Å²) in [5, 5.41) is 7.77. The highest BCUT2D eigenvalue weighted by molar-refractivity contribution is 5.99. The molecule has 1 aliphatic heterocycles. The van der Waals surface area contributed by atoms with Crippen molar-refractivity contribution >= 4 is 11.8 Å². The summed E-state index contributed by atoms with van der Waals surface area (Å²) in [5.74, 6) is 0.272. The summed E-state index contributed by atoms with van der Waals surface area (Å²) in [4.78, 5) is 29.2. The SMILES string of the molecule is CCOc1ccccc1CN1C(=O)c2cc(C(C)(C)C)nn2C[C@@]1(C)C(=O)NCc1ccccc1. The second-order valence-corrected chi connectivity index (χ2v) is 10.2. The Morgan fingerprint density at radius 3 is 2.49 bits per heavy atom. The third-order valence-electron chi connectivity index (χ3n) is 6.45. The molecule has 0 unspecified atom stereocenters. The highest BCUT2D eigenvalue weighted by atomic mass is 16.5. The molecule has 0 fully saturated rings. The van der Waals surface area contributed by atoms with Gasteiger partial charge >= 0.3 is 0 Å². The summed E-state index contributed by atoms with van der Waals surface area (Å²) in [6.07, 6.45) is 0. The van der Waals surface area contributed by atoms with Gasteiger partial charge in [0.15, 0.2) is 0 Å². The average Bonchev–Trinajstić information content (AvgIpc) is 3.26. The van der Waals surface area contributed by atoms with Gasteiger partial charge in [0, 0.05) is 17.5 Å². The maximum absolute atomic E-state index is 13.9. The lowest BCUT2D eigenvalue weighted by atomic mass is 9.91. The number of carbonyl (C=O) groups excluding carboxylic acids is 2. The highest BCUT2D eigenvalue weighted by Crippen LogP contribution is 2.33. The van der Waals surface area contributed by atoms with Crippen LogP contribution in [0.15, 0.2) is 60.7 Å². The number of carbonyl (C=O) groups is 2. The van der Waals surface area contributed by atoms with Crippen molar-refractivity contribution in [3.8, 4) is 5.75 Å². The Morgan fingerprint density at radius 2 is 1.80 bits per heavy atom. The lowest BCUT2D eigenvalue weighted by molar-refractivity contribution is -0.133. The molecule has 4 rings (SSSR count). The minimum Gasteiger partial charge on any atom is -0.494 e. The zero-order chi connectivity index (χ0) is 25.2. The van der Waals surface area contributed by atoms with E-state index in [9.17, 15) is 9.59 Å². The van der Waals surface area contributed by atoms with E-state index in [0.717, 1.165) is 16.8 Å². The Hall–Kier alpha value is -3.61. The zero-order valence-electron chi connectivity index (χ0n) is 21.2. The van der Waals surface area contributed by atoms with Crippen molar-refractivity contribution in [2.75, 3.05) is 6.61 Å². The molecule has 2 amide bonds. The number of nitrogens with one attached hydrogen (secondary N) is 1. The van der Waals surface area contributed by atoms with Crippen LogP contribution >= 0.6 is 0 Å². The maximum Gasteiger partial charge on any atom is 0.273 e. The van der Waals surface area contributed by atoms with Crippen molar-refractivity contribution in [1.82, 2.24) is 20.0 Å². The predicted octanol–water partition coefficient (Wildman–Crippen LogP) is 4.31. The average molecular weight is 475 g/mol. The molecule has 0 saturated carbocycles. The molecular formula is C28H34N4O3. The summed E-state index contributed by atoms with van der Waals surface area (Å²) in [6.45, 7) is 11.3. The minimum atomic E-state index is -1.14. The first-order chi connectivity index (χ1) is 16.6. The molecule has 1 aromatic heterocycles. The predicted molar refractivity (Wildman–Crippen MR) is 135 cm³/mol. The molecule has 2 heterocycles. The van der Waals surface area contributed by atoms with Gasteiger partial charge in [-0.05, 0) is 31.5 Å². The summed E-state index contributed by atoms with van der Waals surface area (Å²) < 4.78 is 7.50. The molecule has 0 saturated heterocycles. The molecule has 2 aromatic carbocycles. The van der Waals surface area contributed by atoms with Crippen molar-refractivity contribution in [1.29, 1.82) is 0 Å². The number of rotatable bonds is 7. The first-order valence-electron chi connectivity index (χ1n) is 12.1. The summed E-state index contributed by atoms with van der Waals surface area (Å²) >= 11 is 0. The Balaban J connectivity index is 1.71. The van der Waals surface area contributed by atoms with Gasteiger partial charge in [-0.25, -0.2) is 0 Å². The normalized spacial score (nSPS) is 17.7. The molecule has 7 nitrogen and oxygen atoms in total. The molecule has 1 atom stereocenters. The quantitative estimate of drug-likeness (QED) is 0.554. The number of hydrogen-bond donors (Lipinski definition) is 1. The Labute approximate surface area is 207 Å². The fourth-order valence-corrected chi connectivity index (χ4v) is 4.33. The van der Waals surface area contributed by atoms with E-state index in [0.29, 0.717) is 24.6 Å². The van der Waals surface area contributed by atoms with Crippen molar-refractivity contribution in [2.24, 2.45) is 0 Å². The fourth-order valence-electron chi connectivity index (χ4n) is 4.33. The van der Waals surface area contributed by atoms with Gasteiger partial charge in [0.05, 0.1) is 25.4 Å². The van der Waals surface area contributed by atoms with Crippen LogP contribution in [0.3, 0.4) is 0 Å². The minimum absolute atomic E-state index is 0.219. The van der Waals surface area contributed by atoms with Crippen LogP contribution < -0.4 is 10.1 Å². The van der Waals surface area contributed by atoms with Crippen molar-refractivity contribution in [3.63, 3.8) is 0 Å². The summed E-state index contributed by atoms with van der Waals surface area (Å²) in [6, 6.07) is 19.3. The lowest BCUT2D eigenvalue weighted by Crippen LogP contribution is -2.63. The molecule has 35 heavy (non-hydrogen) atoms. The number of ether oxygens (including phenoxy) is 1. The number of fused-ring (bicyclic) bond motifs is 1. The van der Waals surface area contributed by atoms with Gasteiger partial charge in [-0.3, -0.25) is 14.3 Å². The Bertz CT molecular complexity index is 1210. The number of nitrogens with zero attached hydrogens (tertiary/aromatic N) is 3. The Kier molecular flexibility index (Phi) is 6.70. The molecule has 0 aliphatic carbocycles. The third kappa shape index (κ3) is 4.94. The molecule has 1 aliphatic rings. The molecular weight excluding hydrogens is 440 g/mol. The van der Waals surface area contributed by atoms with E-state index in [1.807, 2.05) is 74.5 Å². The van der Waals surface area contributed by atoms with Gasteiger partial charge in [-0.15, -0.1) is 0 Å². The van der Waals surface area contributed by atoms with E-state index in [-0.39, 0.29) is 30.3 Å². The second-order valence-electron chi connectivity index (χ2n) is 10.2. The highest BCUT2D eigenvalue weighted by Gasteiger charge is 2.48. The number of hydrogen-bond acceptors (Lipinski definition) is 4. The van der Waals surface area contributed by atoms with Gasteiger partial charge in [0.1, 0.15) is 17.0 Å². The van der Waals surface area contributed by atoms with Crippen LogP contribution in [-0.2, 0) is 29.8 Å². The van der Waals surface area contributed by atoms with E-state index < -0.39 is 5.54 Å². The van der Waals surface area contributed by atoms with Crippen LogP contribution in [0.25, 0.3) is 0 Å². The first kappa shape index (κ1) is 24.5. The number of benzene rings is 2. The molecule has 0 spiro atoms. The molecule has 1 N–H and O–H groups in total. The van der Waals surface area contributed by atoms with Gasteiger partial charge in [-0.2, -0.15) is 5.10 Å². The Morgan fingerprint density at radius 1 is 1.11 bits per heavy atom. The summed E-state index contributed by atoms with van der Waals surface area (Å²) in [5.41, 5.74) is 1.81. The number of amides is 2. The fraction of sp³-hybridized carbons (Fsp3) is 0.393. The van der Waals surface area contributed by atoms with E-state index in [1.165, 1.54) is 0 Å². The zero-order valence-corrected chi connectivity index (χ0v) is 21.2. The van der Waals surface area contributed by atoms with E-state index >= 15 is 0 Å². The summed E-state index contributed by atoms with van der Waals surface area (Å²) in [7, 11) is 0. The van der Waals surface area contributed by atoms with Crippen LogP contribution in [0.5, 0.6) is 5.75 Å².